The molecule has 0 saturated heterocycles. The highest BCUT2D eigenvalue weighted by molar-refractivity contribution is 5.88. The predicted molar refractivity (Wildman–Crippen MR) is 96.7 cm³/mol. The van der Waals surface area contributed by atoms with Gasteiger partial charge in [0.2, 0.25) is 0 Å². The molecular weight excluding hydrogens is 314 g/mol. The average molecular weight is 331 g/mol. The number of carbonyl (C=O) groups excluding carboxylic acids is 1. The molecule has 2 aromatic carbocycles. The van der Waals surface area contributed by atoms with E-state index in [-0.39, 0.29) is 6.61 Å². The number of ether oxygens (including phenoxy) is 1. The largest absolute Gasteiger partial charge is 0.444 e. The van der Waals surface area contributed by atoms with Crippen molar-refractivity contribution in [3.8, 4) is 23.6 Å². The van der Waals surface area contributed by atoms with Crippen molar-refractivity contribution < 1.29 is 9.53 Å². The standard InChI is InChI=1S/C20H17N3O2/c1-2-13-23-15-21-18(17-11-7-4-8-12-17)19(23)22-20(24)25-14-16-9-5-3-6-10-16/h1,3-12,15H,13-14H2,(H,22,24). The third-order valence-electron chi connectivity index (χ3n) is 3.58. The van der Waals surface area contributed by atoms with E-state index >= 15 is 0 Å². The summed E-state index contributed by atoms with van der Waals surface area (Å²) in [5, 5.41) is 2.76. The van der Waals surface area contributed by atoms with Crippen LogP contribution >= 0.6 is 0 Å². The lowest BCUT2D eigenvalue weighted by Gasteiger charge is -2.10. The number of benzene rings is 2. The molecule has 25 heavy (non-hydrogen) atoms. The monoisotopic (exact) mass is 331 g/mol. The Labute approximate surface area is 146 Å². The van der Waals surface area contributed by atoms with Crippen molar-refractivity contribution >= 4 is 11.9 Å². The molecule has 1 heterocycles. The number of imidazole rings is 1. The van der Waals surface area contributed by atoms with Gasteiger partial charge < -0.3 is 9.30 Å². The number of amides is 1. The van der Waals surface area contributed by atoms with Gasteiger partial charge in [-0.15, -0.1) is 6.42 Å². The van der Waals surface area contributed by atoms with E-state index in [1.165, 1.54) is 0 Å². The Hall–Kier alpha value is -3.52. The summed E-state index contributed by atoms with van der Waals surface area (Å²) in [5.41, 5.74) is 2.45. The molecular formula is C20H17N3O2. The van der Waals surface area contributed by atoms with E-state index in [9.17, 15) is 4.79 Å². The van der Waals surface area contributed by atoms with E-state index in [0.717, 1.165) is 11.1 Å². The molecule has 0 fully saturated rings. The first-order chi connectivity index (χ1) is 12.3. The molecule has 0 aliphatic heterocycles. The molecule has 0 aliphatic rings. The minimum atomic E-state index is -0.556. The van der Waals surface area contributed by atoms with Gasteiger partial charge >= 0.3 is 6.09 Å². The van der Waals surface area contributed by atoms with E-state index in [1.54, 1.807) is 10.9 Å². The lowest BCUT2D eigenvalue weighted by molar-refractivity contribution is 0.155. The number of nitrogens with zero attached hydrogens (tertiary/aromatic N) is 2. The summed E-state index contributed by atoms with van der Waals surface area (Å²) >= 11 is 0. The van der Waals surface area contributed by atoms with Crippen LogP contribution in [0.15, 0.2) is 67.0 Å². The molecule has 0 saturated carbocycles. The topological polar surface area (TPSA) is 56.2 Å². The molecule has 0 radical (unpaired) electrons. The Morgan fingerprint density at radius 2 is 1.80 bits per heavy atom. The highest BCUT2D eigenvalue weighted by Crippen LogP contribution is 2.26. The Balaban J connectivity index is 1.77. The van der Waals surface area contributed by atoms with Crippen molar-refractivity contribution in [2.45, 2.75) is 13.2 Å². The molecule has 0 atom stereocenters. The van der Waals surface area contributed by atoms with Crippen LogP contribution in [0.2, 0.25) is 0 Å². The minimum Gasteiger partial charge on any atom is -0.444 e. The number of hydrogen-bond acceptors (Lipinski definition) is 3. The molecule has 1 N–H and O–H groups in total. The first-order valence-electron chi connectivity index (χ1n) is 7.79. The van der Waals surface area contributed by atoms with E-state index in [0.29, 0.717) is 18.1 Å². The zero-order valence-corrected chi connectivity index (χ0v) is 13.6. The van der Waals surface area contributed by atoms with Crippen LogP contribution in [0.25, 0.3) is 11.3 Å². The summed E-state index contributed by atoms with van der Waals surface area (Å²) in [6.07, 6.45) is 6.45. The lowest BCUT2D eigenvalue weighted by Crippen LogP contribution is -2.16. The number of terminal acetylenes is 1. The number of rotatable bonds is 5. The van der Waals surface area contributed by atoms with Crippen LogP contribution in [0.5, 0.6) is 0 Å². The predicted octanol–water partition coefficient (Wildman–Crippen LogP) is 3.93. The van der Waals surface area contributed by atoms with Crippen LogP contribution in [0.3, 0.4) is 0 Å². The Kier molecular flexibility index (Phi) is 5.13. The van der Waals surface area contributed by atoms with Gasteiger partial charge in [-0.05, 0) is 5.56 Å². The highest BCUT2D eigenvalue weighted by Gasteiger charge is 2.16. The highest BCUT2D eigenvalue weighted by atomic mass is 16.5. The fourth-order valence-electron chi connectivity index (χ4n) is 2.39. The number of carbonyl (C=O) groups is 1. The number of anilines is 1. The molecule has 5 nitrogen and oxygen atoms in total. The molecule has 0 spiro atoms. The van der Waals surface area contributed by atoms with Crippen LogP contribution in [-0.2, 0) is 17.9 Å². The van der Waals surface area contributed by atoms with E-state index < -0.39 is 6.09 Å². The fraction of sp³-hybridized carbons (Fsp3) is 0.100. The molecule has 1 aromatic heterocycles. The van der Waals surface area contributed by atoms with E-state index in [1.807, 2.05) is 60.7 Å². The van der Waals surface area contributed by atoms with Crippen LogP contribution in [0.4, 0.5) is 10.6 Å². The zero-order valence-electron chi connectivity index (χ0n) is 13.6. The van der Waals surface area contributed by atoms with Gasteiger partial charge in [-0.3, -0.25) is 5.32 Å². The molecule has 0 unspecified atom stereocenters. The van der Waals surface area contributed by atoms with Crippen LogP contribution in [0.1, 0.15) is 5.56 Å². The van der Waals surface area contributed by atoms with Crippen molar-refractivity contribution in [1.29, 1.82) is 0 Å². The van der Waals surface area contributed by atoms with Crippen LogP contribution in [-0.4, -0.2) is 15.6 Å². The summed E-state index contributed by atoms with van der Waals surface area (Å²) in [7, 11) is 0. The van der Waals surface area contributed by atoms with Gasteiger partial charge in [0.15, 0.2) is 0 Å². The number of nitrogens with one attached hydrogen (secondary N) is 1. The summed E-state index contributed by atoms with van der Waals surface area (Å²) in [5.74, 6) is 3.07. The number of hydrogen-bond donors (Lipinski definition) is 1. The molecule has 5 heteroatoms. The fourth-order valence-corrected chi connectivity index (χ4v) is 2.39. The van der Waals surface area contributed by atoms with Gasteiger partial charge in [-0.2, -0.15) is 0 Å². The smallest absolute Gasteiger partial charge is 0.413 e. The molecule has 0 aliphatic carbocycles. The quantitative estimate of drug-likeness (QED) is 0.721. The normalized spacial score (nSPS) is 10.0. The number of aromatic nitrogens is 2. The van der Waals surface area contributed by atoms with Crippen molar-refractivity contribution in [2.75, 3.05) is 5.32 Å². The summed E-state index contributed by atoms with van der Waals surface area (Å²) in [6.45, 7) is 0.491. The third-order valence-corrected chi connectivity index (χ3v) is 3.58. The second-order valence-electron chi connectivity index (χ2n) is 5.33. The summed E-state index contributed by atoms with van der Waals surface area (Å²) in [4.78, 5) is 16.6. The van der Waals surface area contributed by atoms with Crippen LogP contribution in [0, 0.1) is 12.3 Å². The van der Waals surface area contributed by atoms with Crippen molar-refractivity contribution in [3.05, 3.63) is 72.6 Å². The van der Waals surface area contributed by atoms with Gasteiger partial charge in [0.05, 0.1) is 12.9 Å². The van der Waals surface area contributed by atoms with Gasteiger partial charge in [0.25, 0.3) is 0 Å². The lowest BCUT2D eigenvalue weighted by atomic mass is 10.1. The Bertz CT molecular complexity index is 880. The zero-order chi connectivity index (χ0) is 17.5. The van der Waals surface area contributed by atoms with Gasteiger partial charge in [0.1, 0.15) is 18.1 Å². The molecule has 1 amide bonds. The Morgan fingerprint density at radius 1 is 1.12 bits per heavy atom. The van der Waals surface area contributed by atoms with E-state index in [4.69, 9.17) is 11.2 Å². The second-order valence-corrected chi connectivity index (χ2v) is 5.33. The first-order valence-corrected chi connectivity index (χ1v) is 7.79. The molecule has 0 bridgehead atoms. The van der Waals surface area contributed by atoms with Crippen LogP contribution < -0.4 is 5.32 Å². The maximum Gasteiger partial charge on any atom is 0.413 e. The van der Waals surface area contributed by atoms with E-state index in [2.05, 4.69) is 16.2 Å². The van der Waals surface area contributed by atoms with Crippen molar-refractivity contribution in [1.82, 2.24) is 9.55 Å². The summed E-state index contributed by atoms with van der Waals surface area (Å²) < 4.78 is 6.98. The Morgan fingerprint density at radius 3 is 2.48 bits per heavy atom. The van der Waals surface area contributed by atoms with Crippen molar-refractivity contribution in [3.63, 3.8) is 0 Å². The minimum absolute atomic E-state index is 0.191. The SMILES string of the molecule is C#CCn1cnc(-c2ccccc2)c1NC(=O)OCc1ccccc1. The maximum absolute atomic E-state index is 12.2. The van der Waals surface area contributed by atoms with Crippen molar-refractivity contribution in [2.24, 2.45) is 0 Å². The summed E-state index contributed by atoms with van der Waals surface area (Å²) in [6, 6.07) is 19.1. The second kappa shape index (κ2) is 7.84. The van der Waals surface area contributed by atoms with Gasteiger partial charge in [-0.25, -0.2) is 9.78 Å². The average Bonchev–Trinajstić information content (AvgIpc) is 3.04. The third kappa shape index (κ3) is 4.06. The maximum atomic E-state index is 12.2. The molecule has 3 aromatic rings. The molecule has 124 valence electrons. The van der Waals surface area contributed by atoms with Gasteiger partial charge in [-0.1, -0.05) is 66.6 Å². The first kappa shape index (κ1) is 16.3. The molecule has 3 rings (SSSR count). The van der Waals surface area contributed by atoms with Gasteiger partial charge in [0, 0.05) is 5.56 Å².